The maximum absolute atomic E-state index is 5.40. The van der Waals surface area contributed by atoms with Crippen LogP contribution < -0.4 is 15.4 Å². The quantitative estimate of drug-likeness (QED) is 0.468. The average molecular weight is 377 g/mol. The van der Waals surface area contributed by atoms with Crippen LogP contribution in [0, 0.1) is 0 Å². The van der Waals surface area contributed by atoms with Crippen molar-refractivity contribution in [2.45, 2.75) is 12.8 Å². The second kappa shape index (κ2) is 10.2. The standard InChI is InChI=1S/C22H27N5O/c1-23-22(25-16-13-19-6-3-4-7-21(19)28-2)24-15-12-18-8-10-20(11-9-18)27-17-5-14-26-27/h3-11,14,17H,12-13,15-16H2,1-2H3,(H2,23,24,25). The lowest BCUT2D eigenvalue weighted by Gasteiger charge is -2.13. The molecule has 0 bridgehead atoms. The minimum atomic E-state index is 0.790. The summed E-state index contributed by atoms with van der Waals surface area (Å²) in [5.74, 6) is 1.73. The van der Waals surface area contributed by atoms with E-state index >= 15 is 0 Å². The third-order valence-electron chi connectivity index (χ3n) is 4.51. The maximum atomic E-state index is 5.40. The van der Waals surface area contributed by atoms with Crippen LogP contribution in [-0.2, 0) is 12.8 Å². The van der Waals surface area contributed by atoms with E-state index in [4.69, 9.17) is 4.74 Å². The summed E-state index contributed by atoms with van der Waals surface area (Å²) in [7, 11) is 3.49. The molecule has 2 N–H and O–H groups in total. The van der Waals surface area contributed by atoms with Crippen LogP contribution in [0.1, 0.15) is 11.1 Å². The van der Waals surface area contributed by atoms with E-state index < -0.39 is 0 Å². The van der Waals surface area contributed by atoms with Gasteiger partial charge < -0.3 is 15.4 Å². The number of methoxy groups -OCH3 is 1. The lowest BCUT2D eigenvalue weighted by atomic mass is 10.1. The van der Waals surface area contributed by atoms with Gasteiger partial charge in [-0.15, -0.1) is 0 Å². The molecule has 28 heavy (non-hydrogen) atoms. The number of rotatable bonds is 8. The second-order valence-corrected chi connectivity index (χ2v) is 6.35. The Hall–Kier alpha value is -3.28. The van der Waals surface area contributed by atoms with Crippen molar-refractivity contribution in [2.75, 3.05) is 27.2 Å². The molecule has 146 valence electrons. The Kier molecular flexibility index (Phi) is 7.07. The van der Waals surface area contributed by atoms with E-state index in [2.05, 4.69) is 51.1 Å². The molecule has 0 aliphatic carbocycles. The third kappa shape index (κ3) is 5.36. The predicted octanol–water partition coefficient (Wildman–Crippen LogP) is 2.83. The molecular weight excluding hydrogens is 350 g/mol. The zero-order valence-corrected chi connectivity index (χ0v) is 16.4. The third-order valence-corrected chi connectivity index (χ3v) is 4.51. The van der Waals surface area contributed by atoms with Crippen LogP contribution >= 0.6 is 0 Å². The van der Waals surface area contributed by atoms with E-state index in [0.717, 1.165) is 43.3 Å². The molecule has 0 fully saturated rings. The van der Waals surface area contributed by atoms with Crippen LogP contribution in [0.2, 0.25) is 0 Å². The van der Waals surface area contributed by atoms with Gasteiger partial charge in [0.15, 0.2) is 5.96 Å². The normalized spacial score (nSPS) is 11.3. The molecule has 0 amide bonds. The number of aromatic nitrogens is 2. The summed E-state index contributed by atoms with van der Waals surface area (Å²) < 4.78 is 7.25. The van der Waals surface area contributed by atoms with Gasteiger partial charge in [0.05, 0.1) is 12.8 Å². The number of guanidine groups is 1. The molecule has 1 aromatic heterocycles. The number of benzene rings is 2. The zero-order chi connectivity index (χ0) is 19.6. The van der Waals surface area contributed by atoms with Gasteiger partial charge in [-0.1, -0.05) is 30.3 Å². The summed E-state index contributed by atoms with van der Waals surface area (Å²) >= 11 is 0. The van der Waals surface area contributed by atoms with Crippen LogP contribution in [0.3, 0.4) is 0 Å². The van der Waals surface area contributed by atoms with Crippen molar-refractivity contribution in [2.24, 2.45) is 4.99 Å². The lowest BCUT2D eigenvalue weighted by molar-refractivity contribution is 0.409. The molecule has 6 nitrogen and oxygen atoms in total. The highest BCUT2D eigenvalue weighted by Crippen LogP contribution is 2.17. The molecule has 1 heterocycles. The Morgan fingerprint density at radius 3 is 2.43 bits per heavy atom. The fourth-order valence-electron chi connectivity index (χ4n) is 3.01. The Bertz CT molecular complexity index is 872. The van der Waals surface area contributed by atoms with Gasteiger partial charge in [0.1, 0.15) is 5.75 Å². The molecule has 2 aromatic carbocycles. The largest absolute Gasteiger partial charge is 0.496 e. The number of hydrogen-bond donors (Lipinski definition) is 2. The molecule has 0 aliphatic rings. The second-order valence-electron chi connectivity index (χ2n) is 6.35. The van der Waals surface area contributed by atoms with Crippen molar-refractivity contribution < 1.29 is 4.74 Å². The summed E-state index contributed by atoms with van der Waals surface area (Å²) in [5, 5.41) is 11.0. The molecule has 0 atom stereocenters. The molecule has 3 aromatic rings. The van der Waals surface area contributed by atoms with E-state index in [0.29, 0.717) is 0 Å². The van der Waals surface area contributed by atoms with Gasteiger partial charge in [-0.05, 0) is 48.2 Å². The van der Waals surface area contributed by atoms with Crippen molar-refractivity contribution in [1.82, 2.24) is 20.4 Å². The number of nitrogens with one attached hydrogen (secondary N) is 2. The zero-order valence-electron chi connectivity index (χ0n) is 16.4. The highest BCUT2D eigenvalue weighted by molar-refractivity contribution is 5.79. The molecule has 0 spiro atoms. The van der Waals surface area contributed by atoms with E-state index in [-0.39, 0.29) is 0 Å². The van der Waals surface area contributed by atoms with E-state index in [1.807, 2.05) is 35.1 Å². The van der Waals surface area contributed by atoms with Crippen LogP contribution in [0.4, 0.5) is 0 Å². The van der Waals surface area contributed by atoms with Crippen molar-refractivity contribution in [3.05, 3.63) is 78.1 Å². The number of hydrogen-bond acceptors (Lipinski definition) is 3. The van der Waals surface area contributed by atoms with Gasteiger partial charge in [0.2, 0.25) is 0 Å². The van der Waals surface area contributed by atoms with Crippen molar-refractivity contribution in [3.63, 3.8) is 0 Å². The number of nitrogens with zero attached hydrogens (tertiary/aromatic N) is 3. The van der Waals surface area contributed by atoms with Gasteiger partial charge >= 0.3 is 0 Å². The van der Waals surface area contributed by atoms with E-state index in [1.54, 1.807) is 20.4 Å². The first kappa shape index (κ1) is 19.5. The minimum absolute atomic E-state index is 0.790. The first-order valence-corrected chi connectivity index (χ1v) is 9.45. The SMILES string of the molecule is CN=C(NCCc1ccc(-n2cccn2)cc1)NCCc1ccccc1OC. The summed E-state index contributed by atoms with van der Waals surface area (Å²) in [5.41, 5.74) is 3.52. The lowest BCUT2D eigenvalue weighted by Crippen LogP contribution is -2.39. The summed E-state index contributed by atoms with van der Waals surface area (Å²) in [6, 6.07) is 18.5. The van der Waals surface area contributed by atoms with Gasteiger partial charge in [-0.25, -0.2) is 4.68 Å². The number of para-hydroxylation sites is 1. The molecule has 0 aliphatic heterocycles. The predicted molar refractivity (Wildman–Crippen MR) is 113 cm³/mol. The van der Waals surface area contributed by atoms with E-state index in [9.17, 15) is 0 Å². The molecule has 3 rings (SSSR count). The fourth-order valence-corrected chi connectivity index (χ4v) is 3.01. The molecule has 0 saturated heterocycles. The van der Waals surface area contributed by atoms with Crippen LogP contribution in [0.5, 0.6) is 5.75 Å². The fraction of sp³-hybridized carbons (Fsp3) is 0.273. The summed E-state index contributed by atoms with van der Waals surface area (Å²) in [6.07, 6.45) is 5.52. The summed E-state index contributed by atoms with van der Waals surface area (Å²) in [4.78, 5) is 4.29. The maximum Gasteiger partial charge on any atom is 0.190 e. The Balaban J connectivity index is 1.42. The van der Waals surface area contributed by atoms with E-state index in [1.165, 1.54) is 11.1 Å². The molecule has 0 radical (unpaired) electrons. The summed E-state index contributed by atoms with van der Waals surface area (Å²) in [6.45, 7) is 1.61. The smallest absolute Gasteiger partial charge is 0.190 e. The molecular formula is C22H27N5O. The first-order chi connectivity index (χ1) is 13.8. The molecule has 0 saturated carbocycles. The van der Waals surface area contributed by atoms with Crippen LogP contribution in [0.15, 0.2) is 72.0 Å². The Morgan fingerprint density at radius 1 is 1.00 bits per heavy atom. The highest BCUT2D eigenvalue weighted by atomic mass is 16.5. The van der Waals surface area contributed by atoms with Crippen molar-refractivity contribution in [3.8, 4) is 11.4 Å². The monoisotopic (exact) mass is 377 g/mol. The highest BCUT2D eigenvalue weighted by Gasteiger charge is 2.03. The number of ether oxygens (including phenoxy) is 1. The van der Waals surface area contributed by atoms with Gasteiger partial charge in [-0.3, -0.25) is 4.99 Å². The topological polar surface area (TPSA) is 63.5 Å². The van der Waals surface area contributed by atoms with Gasteiger partial charge in [0.25, 0.3) is 0 Å². The van der Waals surface area contributed by atoms with Crippen LogP contribution in [-0.4, -0.2) is 43.0 Å². The van der Waals surface area contributed by atoms with Crippen LogP contribution in [0.25, 0.3) is 5.69 Å². The average Bonchev–Trinajstić information content (AvgIpc) is 3.28. The van der Waals surface area contributed by atoms with Gasteiger partial charge in [0, 0.05) is 32.5 Å². The first-order valence-electron chi connectivity index (χ1n) is 9.45. The number of aliphatic imine (C=N–C) groups is 1. The minimum Gasteiger partial charge on any atom is -0.496 e. The van der Waals surface area contributed by atoms with Crippen molar-refractivity contribution in [1.29, 1.82) is 0 Å². The van der Waals surface area contributed by atoms with Gasteiger partial charge in [-0.2, -0.15) is 5.10 Å². The Morgan fingerprint density at radius 2 is 1.75 bits per heavy atom. The molecule has 6 heteroatoms. The molecule has 0 unspecified atom stereocenters. The van der Waals surface area contributed by atoms with Crippen molar-refractivity contribution >= 4 is 5.96 Å². The Labute approximate surface area is 166 Å².